The largest absolute Gasteiger partial charge is 0.337 e. The number of benzene rings is 2. The highest BCUT2D eigenvalue weighted by molar-refractivity contribution is 9.10. The lowest BCUT2D eigenvalue weighted by atomic mass is 10.2. The summed E-state index contributed by atoms with van der Waals surface area (Å²) < 4.78 is 3.85. The standard InChI is InChI=1S/C21H18BrClN4OS/c1-14-10-17(23)12-18-19(14)25-21(29-18)27(8-3-7-26-9-6-24-13-26)20(28)15-4-2-5-16(22)11-15/h2,4-6,9-13H,3,7-8H2,1H3. The smallest absolute Gasteiger partial charge is 0.260 e. The van der Waals surface area contributed by atoms with Crippen molar-refractivity contribution in [2.24, 2.45) is 0 Å². The number of fused-ring (bicyclic) bond motifs is 1. The number of nitrogens with zero attached hydrogens (tertiary/aromatic N) is 4. The molecule has 4 aromatic rings. The summed E-state index contributed by atoms with van der Waals surface area (Å²) >= 11 is 11.2. The molecular weight excluding hydrogens is 472 g/mol. The van der Waals surface area contributed by atoms with Gasteiger partial charge in [-0.3, -0.25) is 9.69 Å². The maximum atomic E-state index is 13.3. The molecule has 5 nitrogen and oxygen atoms in total. The van der Waals surface area contributed by atoms with Crippen molar-refractivity contribution in [3.05, 3.63) is 75.7 Å². The van der Waals surface area contributed by atoms with E-state index in [0.717, 1.165) is 33.2 Å². The molecule has 0 aliphatic carbocycles. The van der Waals surface area contributed by atoms with Crippen molar-refractivity contribution in [2.75, 3.05) is 11.4 Å². The quantitative estimate of drug-likeness (QED) is 0.336. The van der Waals surface area contributed by atoms with Gasteiger partial charge in [-0.25, -0.2) is 9.97 Å². The molecule has 0 spiro atoms. The Labute approximate surface area is 186 Å². The van der Waals surface area contributed by atoms with E-state index in [1.807, 2.05) is 54.1 Å². The van der Waals surface area contributed by atoms with E-state index in [1.165, 1.54) is 11.3 Å². The molecule has 0 aliphatic rings. The molecule has 148 valence electrons. The first kappa shape index (κ1) is 20.1. The van der Waals surface area contributed by atoms with E-state index in [0.29, 0.717) is 22.3 Å². The first-order valence-electron chi connectivity index (χ1n) is 9.11. The number of aryl methyl sites for hydroxylation is 2. The van der Waals surface area contributed by atoms with E-state index in [1.54, 1.807) is 17.4 Å². The van der Waals surface area contributed by atoms with Crippen LogP contribution in [0.2, 0.25) is 5.02 Å². The first-order chi connectivity index (χ1) is 14.0. The second-order valence-corrected chi connectivity index (χ2v) is 9.05. The predicted octanol–water partition coefficient (Wildman–Crippen LogP) is 5.95. The number of hydrogen-bond donors (Lipinski definition) is 0. The van der Waals surface area contributed by atoms with Crippen LogP contribution in [0.4, 0.5) is 5.13 Å². The Bertz CT molecular complexity index is 1160. The molecule has 2 heterocycles. The maximum absolute atomic E-state index is 13.3. The minimum atomic E-state index is -0.0697. The average Bonchev–Trinajstić information content (AvgIpc) is 3.34. The Morgan fingerprint density at radius 2 is 2.17 bits per heavy atom. The van der Waals surface area contributed by atoms with Crippen LogP contribution in [0.3, 0.4) is 0 Å². The third-order valence-electron chi connectivity index (χ3n) is 4.54. The van der Waals surface area contributed by atoms with Crippen molar-refractivity contribution in [2.45, 2.75) is 19.9 Å². The summed E-state index contributed by atoms with van der Waals surface area (Å²) in [5.41, 5.74) is 2.51. The van der Waals surface area contributed by atoms with Crippen molar-refractivity contribution >= 4 is 60.1 Å². The van der Waals surface area contributed by atoms with Gasteiger partial charge in [-0.1, -0.05) is 44.9 Å². The predicted molar refractivity (Wildman–Crippen MR) is 122 cm³/mol. The molecule has 0 atom stereocenters. The van der Waals surface area contributed by atoms with Crippen molar-refractivity contribution in [3.63, 3.8) is 0 Å². The van der Waals surface area contributed by atoms with Gasteiger partial charge in [-0.2, -0.15) is 0 Å². The second-order valence-electron chi connectivity index (χ2n) is 6.69. The van der Waals surface area contributed by atoms with Crippen molar-refractivity contribution < 1.29 is 4.79 Å². The molecule has 2 aromatic carbocycles. The van der Waals surface area contributed by atoms with Crippen LogP contribution >= 0.6 is 38.9 Å². The van der Waals surface area contributed by atoms with Gasteiger partial charge in [0.15, 0.2) is 5.13 Å². The van der Waals surface area contributed by atoms with Crippen molar-refractivity contribution in [1.82, 2.24) is 14.5 Å². The molecule has 0 N–H and O–H groups in total. The highest BCUT2D eigenvalue weighted by atomic mass is 79.9. The van der Waals surface area contributed by atoms with Gasteiger partial charge in [-0.05, 0) is 49.2 Å². The number of carbonyl (C=O) groups excluding carboxylic acids is 1. The average molecular weight is 490 g/mol. The minimum Gasteiger partial charge on any atom is -0.337 e. The molecular formula is C21H18BrClN4OS. The van der Waals surface area contributed by atoms with Gasteiger partial charge in [0, 0.05) is 40.5 Å². The Kier molecular flexibility index (Phi) is 5.99. The van der Waals surface area contributed by atoms with Gasteiger partial charge in [0.05, 0.1) is 16.5 Å². The molecule has 4 rings (SSSR count). The zero-order valence-electron chi connectivity index (χ0n) is 15.7. The lowest BCUT2D eigenvalue weighted by molar-refractivity contribution is 0.0986. The summed E-state index contributed by atoms with van der Waals surface area (Å²) in [5, 5.41) is 1.36. The van der Waals surface area contributed by atoms with Crippen LogP contribution in [-0.4, -0.2) is 27.0 Å². The zero-order chi connectivity index (χ0) is 20.4. The molecule has 8 heteroatoms. The van der Waals surface area contributed by atoms with Crippen LogP contribution in [0.5, 0.6) is 0 Å². The lowest BCUT2D eigenvalue weighted by Gasteiger charge is -2.20. The minimum absolute atomic E-state index is 0.0697. The molecule has 2 aromatic heterocycles. The third kappa shape index (κ3) is 4.52. The SMILES string of the molecule is Cc1cc(Cl)cc2sc(N(CCCn3ccnc3)C(=O)c3cccc(Br)c3)nc12. The van der Waals surface area contributed by atoms with Crippen LogP contribution in [-0.2, 0) is 6.54 Å². The fourth-order valence-electron chi connectivity index (χ4n) is 3.15. The van der Waals surface area contributed by atoms with Gasteiger partial charge < -0.3 is 4.57 Å². The zero-order valence-corrected chi connectivity index (χ0v) is 18.8. The number of anilines is 1. The normalized spacial score (nSPS) is 11.1. The molecule has 0 aliphatic heterocycles. The van der Waals surface area contributed by atoms with Crippen molar-refractivity contribution in [1.29, 1.82) is 0 Å². The number of halogens is 2. The summed E-state index contributed by atoms with van der Waals surface area (Å²) in [5.74, 6) is -0.0697. The Balaban J connectivity index is 1.67. The van der Waals surface area contributed by atoms with Gasteiger partial charge in [0.2, 0.25) is 0 Å². The van der Waals surface area contributed by atoms with Crippen LogP contribution in [0.25, 0.3) is 10.2 Å². The van der Waals surface area contributed by atoms with Gasteiger partial charge >= 0.3 is 0 Å². The third-order valence-corrected chi connectivity index (χ3v) is 6.28. The summed E-state index contributed by atoms with van der Waals surface area (Å²) in [6, 6.07) is 11.2. The van der Waals surface area contributed by atoms with E-state index in [4.69, 9.17) is 16.6 Å². The summed E-state index contributed by atoms with van der Waals surface area (Å²) in [7, 11) is 0. The van der Waals surface area contributed by atoms with Crippen LogP contribution in [0, 0.1) is 6.92 Å². The number of rotatable bonds is 6. The molecule has 0 saturated heterocycles. The molecule has 29 heavy (non-hydrogen) atoms. The molecule has 0 saturated carbocycles. The number of aromatic nitrogens is 3. The monoisotopic (exact) mass is 488 g/mol. The van der Waals surface area contributed by atoms with Crippen molar-refractivity contribution in [3.8, 4) is 0 Å². The number of hydrogen-bond acceptors (Lipinski definition) is 4. The van der Waals surface area contributed by atoms with E-state index in [-0.39, 0.29) is 5.91 Å². The highest BCUT2D eigenvalue weighted by Crippen LogP contribution is 2.34. The maximum Gasteiger partial charge on any atom is 0.260 e. The van der Waals surface area contributed by atoms with E-state index in [9.17, 15) is 4.79 Å². The second kappa shape index (κ2) is 8.65. The summed E-state index contributed by atoms with van der Waals surface area (Å²) in [4.78, 5) is 23.9. The van der Waals surface area contributed by atoms with E-state index < -0.39 is 0 Å². The van der Waals surface area contributed by atoms with E-state index >= 15 is 0 Å². The van der Waals surface area contributed by atoms with Crippen LogP contribution < -0.4 is 4.90 Å². The number of thiazole rings is 1. The first-order valence-corrected chi connectivity index (χ1v) is 11.1. The van der Waals surface area contributed by atoms with Gasteiger partial charge in [0.1, 0.15) is 0 Å². The molecule has 0 radical (unpaired) electrons. The number of amides is 1. The number of imidazole rings is 1. The Morgan fingerprint density at radius 3 is 2.93 bits per heavy atom. The molecule has 1 amide bonds. The number of carbonyl (C=O) groups is 1. The van der Waals surface area contributed by atoms with Gasteiger partial charge in [0.25, 0.3) is 5.91 Å². The highest BCUT2D eigenvalue weighted by Gasteiger charge is 2.22. The summed E-state index contributed by atoms with van der Waals surface area (Å²) in [6.45, 7) is 3.31. The Hall–Kier alpha value is -2.22. The molecule has 0 bridgehead atoms. The fraction of sp³-hybridized carbons (Fsp3) is 0.190. The molecule has 0 fully saturated rings. The van der Waals surface area contributed by atoms with Crippen LogP contribution in [0.15, 0.2) is 59.6 Å². The topological polar surface area (TPSA) is 51.0 Å². The summed E-state index contributed by atoms with van der Waals surface area (Å²) in [6.07, 6.45) is 6.24. The fourth-order valence-corrected chi connectivity index (χ4v) is 4.99. The Morgan fingerprint density at radius 1 is 1.31 bits per heavy atom. The van der Waals surface area contributed by atoms with Crippen LogP contribution in [0.1, 0.15) is 22.3 Å². The van der Waals surface area contributed by atoms with Gasteiger partial charge in [-0.15, -0.1) is 0 Å². The lowest BCUT2D eigenvalue weighted by Crippen LogP contribution is -2.32. The van der Waals surface area contributed by atoms with E-state index in [2.05, 4.69) is 20.9 Å². The molecule has 0 unspecified atom stereocenters.